The van der Waals surface area contributed by atoms with Crippen LogP contribution in [0.4, 0.5) is 16.2 Å². The summed E-state index contributed by atoms with van der Waals surface area (Å²) in [6.45, 7) is 0. The number of H-pyrrole nitrogens is 2. The van der Waals surface area contributed by atoms with Gasteiger partial charge in [-0.25, -0.2) is 9.59 Å². The van der Waals surface area contributed by atoms with E-state index in [9.17, 15) is 14.4 Å². The number of carbonyl (C=O) groups excluding carboxylic acids is 1. The first-order valence-corrected chi connectivity index (χ1v) is 9.24. The van der Waals surface area contributed by atoms with Crippen molar-refractivity contribution in [1.82, 2.24) is 9.97 Å². The van der Waals surface area contributed by atoms with Crippen molar-refractivity contribution < 1.29 is 4.79 Å². The zero-order valence-corrected chi connectivity index (χ0v) is 15.5. The van der Waals surface area contributed by atoms with Crippen molar-refractivity contribution >= 4 is 40.8 Å². The van der Waals surface area contributed by atoms with E-state index >= 15 is 0 Å². The minimum absolute atomic E-state index is 0.372. The average Bonchev–Trinajstić information content (AvgIpc) is 2.62. The summed E-state index contributed by atoms with van der Waals surface area (Å²) in [4.78, 5) is 40.4. The maximum absolute atomic E-state index is 12.2. The lowest BCUT2D eigenvalue weighted by molar-refractivity contribution is 0.262. The van der Waals surface area contributed by atoms with Gasteiger partial charge in [0.1, 0.15) is 0 Å². The van der Waals surface area contributed by atoms with E-state index in [0.29, 0.717) is 27.8 Å². The highest BCUT2D eigenvalue weighted by molar-refractivity contribution is 7.98. The van der Waals surface area contributed by atoms with Crippen LogP contribution >= 0.6 is 23.4 Å². The quantitative estimate of drug-likeness (QED) is 0.488. The molecule has 0 atom stereocenters. The third-order valence-corrected chi connectivity index (χ3v) is 4.81. The maximum atomic E-state index is 12.2. The second-order valence-electron chi connectivity index (χ2n) is 5.48. The van der Waals surface area contributed by atoms with E-state index in [0.717, 1.165) is 4.90 Å². The van der Waals surface area contributed by atoms with Gasteiger partial charge in [-0.2, -0.15) is 0 Å². The Morgan fingerprint density at radius 1 is 1.00 bits per heavy atom. The molecule has 4 N–H and O–H groups in total. The minimum Gasteiger partial charge on any atom is -0.310 e. The van der Waals surface area contributed by atoms with Crippen LogP contribution in [0.1, 0.15) is 5.69 Å². The summed E-state index contributed by atoms with van der Waals surface area (Å²) in [5, 5.41) is 6.10. The summed E-state index contributed by atoms with van der Waals surface area (Å²) < 4.78 is 0. The Hall–Kier alpha value is -2.97. The topological polar surface area (TPSA) is 107 Å². The number of rotatable bonds is 5. The third-order valence-electron chi connectivity index (χ3n) is 3.44. The molecule has 0 radical (unpaired) electrons. The second-order valence-corrected chi connectivity index (χ2v) is 6.94. The molecule has 0 aliphatic heterocycles. The molecule has 3 aromatic rings. The van der Waals surface area contributed by atoms with Crippen LogP contribution in [0.25, 0.3) is 0 Å². The Balaban J connectivity index is 1.68. The van der Waals surface area contributed by atoms with Gasteiger partial charge in [0.2, 0.25) is 0 Å². The van der Waals surface area contributed by atoms with E-state index in [4.69, 9.17) is 11.6 Å². The maximum Gasteiger partial charge on any atom is 0.325 e. The van der Waals surface area contributed by atoms with Crippen molar-refractivity contribution in [3.63, 3.8) is 0 Å². The van der Waals surface area contributed by atoms with Crippen LogP contribution in [0.2, 0.25) is 5.02 Å². The fourth-order valence-corrected chi connectivity index (χ4v) is 3.31. The Kier molecular flexibility index (Phi) is 6.00. The molecule has 0 bridgehead atoms. The van der Waals surface area contributed by atoms with Crippen molar-refractivity contribution in [2.45, 2.75) is 10.6 Å². The van der Waals surface area contributed by atoms with Crippen LogP contribution in [0.5, 0.6) is 0 Å². The molecule has 3 rings (SSSR count). The zero-order valence-electron chi connectivity index (χ0n) is 13.9. The fourth-order valence-electron chi connectivity index (χ4n) is 2.27. The van der Waals surface area contributed by atoms with Gasteiger partial charge in [-0.05, 0) is 36.4 Å². The van der Waals surface area contributed by atoms with Crippen LogP contribution in [0.3, 0.4) is 0 Å². The molecule has 1 heterocycles. The van der Waals surface area contributed by atoms with Gasteiger partial charge in [0.25, 0.3) is 5.56 Å². The summed E-state index contributed by atoms with van der Waals surface area (Å²) in [5.74, 6) is 0.372. The predicted molar refractivity (Wildman–Crippen MR) is 108 cm³/mol. The number of hydrogen-bond donors (Lipinski definition) is 4. The van der Waals surface area contributed by atoms with Crippen molar-refractivity contribution in [2.75, 3.05) is 10.6 Å². The minimum atomic E-state index is -0.549. The number of hydrogen-bond acceptors (Lipinski definition) is 4. The van der Waals surface area contributed by atoms with Crippen LogP contribution in [-0.2, 0) is 5.75 Å². The molecule has 0 aliphatic carbocycles. The highest BCUT2D eigenvalue weighted by Gasteiger charge is 2.08. The smallest absolute Gasteiger partial charge is 0.310 e. The first kappa shape index (κ1) is 18.8. The molecular formula is C18H15ClN4O3S. The molecule has 0 saturated carbocycles. The SMILES string of the molecule is O=C(Nc1ccc(Cl)cc1)Nc1ccccc1SCc1cc(=O)[nH]c(=O)[nH]1. The van der Waals surface area contributed by atoms with Gasteiger partial charge in [-0.1, -0.05) is 23.7 Å². The summed E-state index contributed by atoms with van der Waals surface area (Å²) >= 11 is 7.21. The molecule has 0 unspecified atom stereocenters. The summed E-state index contributed by atoms with van der Waals surface area (Å²) in [7, 11) is 0. The number of carbonyl (C=O) groups is 1. The Morgan fingerprint density at radius 3 is 2.48 bits per heavy atom. The Labute approximate surface area is 163 Å². The number of aromatic amines is 2. The highest BCUT2D eigenvalue weighted by atomic mass is 35.5. The van der Waals surface area contributed by atoms with Crippen molar-refractivity contribution in [2.24, 2.45) is 0 Å². The molecule has 0 aliphatic rings. The standard InChI is InChI=1S/C18H15ClN4O3S/c19-11-5-7-12(8-6-11)20-17(25)22-14-3-1-2-4-15(14)27-10-13-9-16(24)23-18(26)21-13/h1-9H,10H2,(H2,20,22,25)(H2,21,23,24,26). The number of urea groups is 1. The highest BCUT2D eigenvalue weighted by Crippen LogP contribution is 2.29. The van der Waals surface area contributed by atoms with Gasteiger partial charge in [-0.15, -0.1) is 11.8 Å². The lowest BCUT2D eigenvalue weighted by Crippen LogP contribution is -2.22. The van der Waals surface area contributed by atoms with E-state index in [2.05, 4.69) is 20.6 Å². The molecule has 27 heavy (non-hydrogen) atoms. The molecule has 0 spiro atoms. The van der Waals surface area contributed by atoms with E-state index in [1.165, 1.54) is 17.8 Å². The summed E-state index contributed by atoms with van der Waals surface area (Å²) in [6, 6.07) is 15.0. The van der Waals surface area contributed by atoms with Crippen molar-refractivity contribution in [3.05, 3.63) is 86.2 Å². The van der Waals surface area contributed by atoms with Gasteiger partial charge in [0.05, 0.1) is 5.69 Å². The summed E-state index contributed by atoms with van der Waals surface area (Å²) in [5.41, 5.74) is 0.716. The van der Waals surface area contributed by atoms with E-state index in [1.807, 2.05) is 12.1 Å². The lowest BCUT2D eigenvalue weighted by Gasteiger charge is -2.12. The molecule has 138 valence electrons. The molecular weight excluding hydrogens is 388 g/mol. The number of nitrogens with one attached hydrogen (secondary N) is 4. The largest absolute Gasteiger partial charge is 0.325 e. The zero-order chi connectivity index (χ0) is 19.2. The van der Waals surface area contributed by atoms with Gasteiger partial charge in [0, 0.05) is 33.1 Å². The Morgan fingerprint density at radius 2 is 1.74 bits per heavy atom. The summed E-state index contributed by atoms with van der Waals surface area (Å²) in [6.07, 6.45) is 0. The first-order valence-electron chi connectivity index (χ1n) is 7.87. The van der Waals surface area contributed by atoms with Crippen molar-refractivity contribution in [3.8, 4) is 0 Å². The van der Waals surface area contributed by atoms with Gasteiger partial charge in [-0.3, -0.25) is 9.78 Å². The number of para-hydroxylation sites is 1. The first-order chi connectivity index (χ1) is 13.0. The van der Waals surface area contributed by atoms with Gasteiger partial charge >= 0.3 is 11.7 Å². The number of benzene rings is 2. The second kappa shape index (κ2) is 8.61. The number of thioether (sulfide) groups is 1. The monoisotopic (exact) mass is 402 g/mol. The van der Waals surface area contributed by atoms with Crippen LogP contribution in [0.15, 0.2) is 69.1 Å². The molecule has 9 heteroatoms. The normalized spacial score (nSPS) is 10.4. The molecule has 2 aromatic carbocycles. The van der Waals surface area contributed by atoms with Crippen molar-refractivity contribution in [1.29, 1.82) is 0 Å². The molecule has 1 aromatic heterocycles. The lowest BCUT2D eigenvalue weighted by atomic mass is 10.3. The molecule has 0 fully saturated rings. The number of anilines is 2. The van der Waals surface area contributed by atoms with Gasteiger partial charge in [0.15, 0.2) is 0 Å². The molecule has 2 amide bonds. The van der Waals surface area contributed by atoms with Gasteiger partial charge < -0.3 is 15.6 Å². The number of halogens is 1. The fraction of sp³-hybridized carbons (Fsp3) is 0.0556. The molecule has 0 saturated heterocycles. The average molecular weight is 403 g/mol. The number of aromatic nitrogens is 2. The predicted octanol–water partition coefficient (Wildman–Crippen LogP) is 3.65. The van der Waals surface area contributed by atoms with E-state index < -0.39 is 17.3 Å². The third kappa shape index (κ3) is 5.50. The van der Waals surface area contributed by atoms with Crippen LogP contribution in [0, 0.1) is 0 Å². The Bertz CT molecular complexity index is 1030. The van der Waals surface area contributed by atoms with Crippen LogP contribution < -0.4 is 21.9 Å². The van der Waals surface area contributed by atoms with Crippen LogP contribution in [-0.4, -0.2) is 16.0 Å². The van der Waals surface area contributed by atoms with E-state index in [-0.39, 0.29) is 0 Å². The molecule has 7 nitrogen and oxygen atoms in total. The number of amides is 2. The van der Waals surface area contributed by atoms with E-state index in [1.54, 1.807) is 36.4 Å².